The van der Waals surface area contributed by atoms with E-state index < -0.39 is 10.0 Å². The smallest absolute Gasteiger partial charge is 0.305 e. The number of carbonyl (C=O) groups is 2. The van der Waals surface area contributed by atoms with Gasteiger partial charge in [-0.25, -0.2) is 13.1 Å². The quantitative estimate of drug-likeness (QED) is 0.599. The Labute approximate surface area is 129 Å². The normalized spacial score (nSPS) is 17.0. The van der Waals surface area contributed by atoms with E-state index in [2.05, 4.69) is 14.8 Å². The first-order valence-electron chi connectivity index (χ1n) is 6.86. The maximum absolute atomic E-state index is 12.2. The number of ether oxygens (including phenoxy) is 1. The molecule has 1 aromatic carbocycles. The minimum atomic E-state index is -3.67. The highest BCUT2D eigenvalue weighted by Crippen LogP contribution is 2.33. The molecular weight excluding hydrogens is 308 g/mol. The van der Waals surface area contributed by atoms with Crippen LogP contribution in [0.15, 0.2) is 23.1 Å². The van der Waals surface area contributed by atoms with Crippen molar-refractivity contribution in [1.29, 1.82) is 0 Å². The molecule has 1 amide bonds. The minimum absolute atomic E-state index is 0.104. The van der Waals surface area contributed by atoms with Crippen LogP contribution in [-0.2, 0) is 24.3 Å². The lowest BCUT2D eigenvalue weighted by atomic mass is 10.0. The largest absolute Gasteiger partial charge is 0.469 e. The van der Waals surface area contributed by atoms with Crippen LogP contribution < -0.4 is 10.0 Å². The molecule has 120 valence electrons. The van der Waals surface area contributed by atoms with Crippen LogP contribution in [0.2, 0.25) is 0 Å². The standard InChI is InChI=1S/C14H18N2O5S/c1-9-11-8-10(5-6-12(11)16-14(9)18)22(19,20)15-7-3-4-13(17)21-2/h5-6,8-9,15H,3-4,7H2,1-2H3,(H,16,18)/t9-/m1/s1. The lowest BCUT2D eigenvalue weighted by Gasteiger charge is -2.09. The maximum Gasteiger partial charge on any atom is 0.305 e. The lowest BCUT2D eigenvalue weighted by molar-refractivity contribution is -0.140. The number of nitrogens with one attached hydrogen (secondary N) is 2. The molecule has 0 unspecified atom stereocenters. The van der Waals surface area contributed by atoms with Crippen LogP contribution >= 0.6 is 0 Å². The molecule has 1 atom stereocenters. The third-order valence-electron chi connectivity index (χ3n) is 3.53. The van der Waals surface area contributed by atoms with Gasteiger partial charge < -0.3 is 10.1 Å². The molecule has 2 rings (SSSR count). The molecule has 0 saturated carbocycles. The van der Waals surface area contributed by atoms with Gasteiger partial charge in [0.15, 0.2) is 0 Å². The molecule has 0 spiro atoms. The Bertz CT molecular complexity index is 699. The summed E-state index contributed by atoms with van der Waals surface area (Å²) in [5.41, 5.74) is 1.31. The molecule has 1 aromatic rings. The van der Waals surface area contributed by atoms with E-state index in [4.69, 9.17) is 0 Å². The van der Waals surface area contributed by atoms with Gasteiger partial charge in [-0.1, -0.05) is 0 Å². The van der Waals surface area contributed by atoms with Gasteiger partial charge in [-0.05, 0) is 37.1 Å². The summed E-state index contributed by atoms with van der Waals surface area (Å²) in [7, 11) is -2.38. The molecule has 8 heteroatoms. The van der Waals surface area contributed by atoms with Gasteiger partial charge in [0.2, 0.25) is 15.9 Å². The van der Waals surface area contributed by atoms with Gasteiger partial charge in [-0.2, -0.15) is 0 Å². The van der Waals surface area contributed by atoms with E-state index >= 15 is 0 Å². The van der Waals surface area contributed by atoms with E-state index in [1.54, 1.807) is 13.0 Å². The molecule has 0 saturated heterocycles. The van der Waals surface area contributed by atoms with Crippen molar-refractivity contribution < 1.29 is 22.7 Å². The number of carbonyl (C=O) groups excluding carboxylic acids is 2. The summed E-state index contributed by atoms with van der Waals surface area (Å²) >= 11 is 0. The number of anilines is 1. The number of fused-ring (bicyclic) bond motifs is 1. The van der Waals surface area contributed by atoms with Crippen LogP contribution in [0.3, 0.4) is 0 Å². The average molecular weight is 326 g/mol. The lowest BCUT2D eigenvalue weighted by Crippen LogP contribution is -2.25. The van der Waals surface area contributed by atoms with Crippen molar-refractivity contribution in [2.75, 3.05) is 19.0 Å². The Morgan fingerprint density at radius 3 is 2.82 bits per heavy atom. The number of methoxy groups -OCH3 is 1. The summed E-state index contributed by atoms with van der Waals surface area (Å²) in [6.07, 6.45) is 0.506. The number of benzene rings is 1. The molecule has 0 aromatic heterocycles. The van der Waals surface area contributed by atoms with Gasteiger partial charge in [-0.15, -0.1) is 0 Å². The first-order chi connectivity index (χ1) is 10.3. The zero-order valence-corrected chi connectivity index (χ0v) is 13.2. The molecular formula is C14H18N2O5S. The third kappa shape index (κ3) is 3.45. The topological polar surface area (TPSA) is 102 Å². The van der Waals surface area contributed by atoms with Crippen molar-refractivity contribution in [2.24, 2.45) is 0 Å². The highest BCUT2D eigenvalue weighted by atomic mass is 32.2. The first kappa shape index (κ1) is 16.4. The second kappa shape index (κ2) is 6.45. The number of rotatable bonds is 6. The van der Waals surface area contributed by atoms with Crippen LogP contribution in [0.4, 0.5) is 5.69 Å². The fourth-order valence-corrected chi connectivity index (χ4v) is 3.30. The maximum atomic E-state index is 12.2. The summed E-state index contributed by atoms with van der Waals surface area (Å²) in [6.45, 7) is 1.86. The predicted octanol–water partition coefficient (Wildman–Crippen LogP) is 0.974. The predicted molar refractivity (Wildman–Crippen MR) is 79.9 cm³/mol. The van der Waals surface area contributed by atoms with Crippen LogP contribution in [0, 0.1) is 0 Å². The summed E-state index contributed by atoms with van der Waals surface area (Å²) in [6, 6.07) is 4.53. The molecule has 0 aliphatic carbocycles. The Morgan fingerprint density at radius 1 is 1.41 bits per heavy atom. The first-order valence-corrected chi connectivity index (χ1v) is 8.35. The van der Waals surface area contributed by atoms with Crippen molar-refractivity contribution in [3.8, 4) is 0 Å². The Morgan fingerprint density at radius 2 is 2.14 bits per heavy atom. The van der Waals surface area contributed by atoms with Gasteiger partial charge in [0.05, 0.1) is 17.9 Å². The SMILES string of the molecule is COC(=O)CCCNS(=O)(=O)c1ccc2c(c1)[C@@H](C)C(=O)N2. The van der Waals surface area contributed by atoms with Crippen molar-refractivity contribution in [2.45, 2.75) is 30.6 Å². The van der Waals surface area contributed by atoms with E-state index in [0.29, 0.717) is 17.7 Å². The molecule has 1 heterocycles. The zero-order valence-electron chi connectivity index (χ0n) is 12.4. The van der Waals surface area contributed by atoms with Gasteiger partial charge in [0.1, 0.15) is 0 Å². The van der Waals surface area contributed by atoms with Gasteiger partial charge in [0.25, 0.3) is 0 Å². The van der Waals surface area contributed by atoms with Crippen molar-refractivity contribution in [3.63, 3.8) is 0 Å². The second-order valence-corrected chi connectivity index (χ2v) is 6.80. The molecule has 1 aliphatic rings. The van der Waals surface area contributed by atoms with Crippen LogP contribution in [0.5, 0.6) is 0 Å². The van der Waals surface area contributed by atoms with Crippen LogP contribution in [0.1, 0.15) is 31.2 Å². The summed E-state index contributed by atoms with van der Waals surface area (Å²) in [5.74, 6) is -0.893. The number of amides is 1. The zero-order chi connectivity index (χ0) is 16.3. The molecule has 22 heavy (non-hydrogen) atoms. The number of sulfonamides is 1. The van der Waals surface area contributed by atoms with E-state index in [0.717, 1.165) is 0 Å². The van der Waals surface area contributed by atoms with Crippen LogP contribution in [-0.4, -0.2) is 33.9 Å². The van der Waals surface area contributed by atoms with Crippen LogP contribution in [0.25, 0.3) is 0 Å². The fraction of sp³-hybridized carbons (Fsp3) is 0.429. The Hall–Kier alpha value is -1.93. The third-order valence-corrected chi connectivity index (χ3v) is 4.99. The summed E-state index contributed by atoms with van der Waals surface area (Å²) < 4.78 is 31.3. The van der Waals surface area contributed by atoms with Gasteiger partial charge >= 0.3 is 5.97 Å². The second-order valence-electron chi connectivity index (χ2n) is 5.04. The number of hydrogen-bond acceptors (Lipinski definition) is 5. The average Bonchev–Trinajstić information content (AvgIpc) is 2.78. The highest BCUT2D eigenvalue weighted by molar-refractivity contribution is 7.89. The molecule has 1 aliphatic heterocycles. The molecule has 2 N–H and O–H groups in total. The van der Waals surface area contributed by atoms with E-state index in [-0.39, 0.29) is 35.7 Å². The van der Waals surface area contributed by atoms with Gasteiger partial charge in [-0.3, -0.25) is 9.59 Å². The molecule has 0 bridgehead atoms. The van der Waals surface area contributed by atoms with E-state index in [9.17, 15) is 18.0 Å². The molecule has 7 nitrogen and oxygen atoms in total. The highest BCUT2D eigenvalue weighted by Gasteiger charge is 2.28. The van der Waals surface area contributed by atoms with E-state index in [1.807, 2.05) is 0 Å². The molecule has 0 radical (unpaired) electrons. The Balaban J connectivity index is 2.05. The van der Waals surface area contributed by atoms with E-state index in [1.165, 1.54) is 19.2 Å². The number of hydrogen-bond donors (Lipinski definition) is 2. The Kier molecular flexibility index (Phi) is 4.82. The molecule has 0 fully saturated rings. The summed E-state index contributed by atoms with van der Waals surface area (Å²) in [5, 5.41) is 2.69. The number of esters is 1. The van der Waals surface area contributed by atoms with Gasteiger partial charge in [0, 0.05) is 18.7 Å². The minimum Gasteiger partial charge on any atom is -0.469 e. The van der Waals surface area contributed by atoms with Crippen molar-refractivity contribution in [3.05, 3.63) is 23.8 Å². The fourth-order valence-electron chi connectivity index (χ4n) is 2.19. The van der Waals surface area contributed by atoms with Crippen molar-refractivity contribution in [1.82, 2.24) is 4.72 Å². The summed E-state index contributed by atoms with van der Waals surface area (Å²) in [4.78, 5) is 22.6. The van der Waals surface area contributed by atoms with Crippen molar-refractivity contribution >= 4 is 27.6 Å². The monoisotopic (exact) mass is 326 g/mol.